The summed E-state index contributed by atoms with van der Waals surface area (Å²) < 4.78 is 93.0. The number of benzene rings is 2. The molecule has 3 rings (SSSR count). The molecule has 1 N–H and O–H groups in total. The minimum absolute atomic E-state index is 0.0398. The number of nitrogens with one attached hydrogen (secondary N) is 1. The van der Waals surface area contributed by atoms with Crippen LogP contribution in [-0.4, -0.2) is 62.6 Å². The molecule has 0 aromatic heterocycles. The molecule has 13 heteroatoms. The zero-order valence-electron chi connectivity index (χ0n) is 16.4. The molecule has 1 aliphatic heterocycles. The summed E-state index contributed by atoms with van der Waals surface area (Å²) in [5.41, 5.74) is 0.268. The van der Waals surface area contributed by atoms with Crippen molar-refractivity contribution >= 4 is 21.6 Å². The Morgan fingerprint density at radius 2 is 1.59 bits per heavy atom. The Hall–Kier alpha value is -2.77. The number of alkyl halides is 3. The number of sulfonamides is 1. The van der Waals surface area contributed by atoms with Crippen molar-refractivity contribution in [2.45, 2.75) is 11.3 Å². The van der Waals surface area contributed by atoms with Crippen molar-refractivity contribution in [3.63, 3.8) is 0 Å². The van der Waals surface area contributed by atoms with Gasteiger partial charge in [0.05, 0.1) is 11.4 Å². The van der Waals surface area contributed by atoms with Crippen LogP contribution in [0.3, 0.4) is 0 Å². The lowest BCUT2D eigenvalue weighted by Crippen LogP contribution is -2.50. The van der Waals surface area contributed by atoms with E-state index in [1.165, 1.54) is 12.1 Å². The standard InChI is InChI=1S/C19H18F5N3O4S/c20-16-6-5-15(11-17(16)21)32(29,30)27-9-7-26(8-10-27)12-18(28)25-13-1-3-14(4-2-13)31-19(22,23)24/h1-6,11H,7-10,12H2,(H,25,28). The minimum Gasteiger partial charge on any atom is -0.406 e. The number of carbonyl (C=O) groups is 1. The van der Waals surface area contributed by atoms with Gasteiger partial charge in [0.25, 0.3) is 0 Å². The first kappa shape index (κ1) is 23.9. The Morgan fingerprint density at radius 1 is 0.969 bits per heavy atom. The molecule has 2 aromatic rings. The Morgan fingerprint density at radius 3 is 2.16 bits per heavy atom. The topological polar surface area (TPSA) is 79.0 Å². The molecule has 2 aromatic carbocycles. The van der Waals surface area contributed by atoms with Crippen molar-refractivity contribution in [2.75, 3.05) is 38.0 Å². The summed E-state index contributed by atoms with van der Waals surface area (Å²) in [6.45, 7) is 0.444. The van der Waals surface area contributed by atoms with Gasteiger partial charge in [0.1, 0.15) is 5.75 Å². The molecule has 1 saturated heterocycles. The van der Waals surface area contributed by atoms with Crippen LogP contribution in [0.4, 0.5) is 27.6 Å². The second-order valence-corrected chi connectivity index (χ2v) is 8.81. The summed E-state index contributed by atoms with van der Waals surface area (Å²) in [5, 5.41) is 2.53. The molecule has 7 nitrogen and oxygen atoms in total. The van der Waals surface area contributed by atoms with E-state index >= 15 is 0 Å². The number of hydrogen-bond donors (Lipinski definition) is 1. The third kappa shape index (κ3) is 6.14. The lowest BCUT2D eigenvalue weighted by molar-refractivity contribution is -0.274. The van der Waals surface area contributed by atoms with E-state index in [0.29, 0.717) is 6.07 Å². The molecule has 174 valence electrons. The Balaban J connectivity index is 1.51. The normalized spacial score (nSPS) is 16.0. The van der Waals surface area contributed by atoms with Crippen molar-refractivity contribution in [3.8, 4) is 5.75 Å². The van der Waals surface area contributed by atoms with Crippen LogP contribution in [0.15, 0.2) is 47.4 Å². The molecule has 1 amide bonds. The molecule has 0 spiro atoms. The SMILES string of the molecule is O=C(CN1CCN(S(=O)(=O)c2ccc(F)c(F)c2)CC1)Nc1ccc(OC(F)(F)F)cc1. The Bertz CT molecular complexity index is 1070. The van der Waals surface area contributed by atoms with Crippen LogP contribution in [0, 0.1) is 11.6 Å². The quantitative estimate of drug-likeness (QED) is 0.645. The second-order valence-electron chi connectivity index (χ2n) is 6.88. The second kappa shape index (κ2) is 9.38. The van der Waals surface area contributed by atoms with Crippen LogP contribution in [-0.2, 0) is 14.8 Å². The predicted octanol–water partition coefficient (Wildman–Crippen LogP) is 2.81. The van der Waals surface area contributed by atoms with Crippen LogP contribution < -0.4 is 10.1 Å². The fraction of sp³-hybridized carbons (Fsp3) is 0.316. The van der Waals surface area contributed by atoms with E-state index in [1.54, 1.807) is 4.90 Å². The van der Waals surface area contributed by atoms with Gasteiger partial charge in [0.2, 0.25) is 15.9 Å². The first-order valence-electron chi connectivity index (χ1n) is 9.27. The van der Waals surface area contributed by atoms with Gasteiger partial charge in [-0.2, -0.15) is 4.31 Å². The largest absolute Gasteiger partial charge is 0.573 e. The van der Waals surface area contributed by atoms with Crippen molar-refractivity contribution in [2.24, 2.45) is 0 Å². The summed E-state index contributed by atoms with van der Waals surface area (Å²) in [5.74, 6) is -3.28. The molecule has 0 unspecified atom stereocenters. The lowest BCUT2D eigenvalue weighted by Gasteiger charge is -2.33. The number of ether oxygens (including phenoxy) is 1. The van der Waals surface area contributed by atoms with Gasteiger partial charge in [0.15, 0.2) is 11.6 Å². The molecular formula is C19H18F5N3O4S. The summed E-state index contributed by atoms with van der Waals surface area (Å²) in [6, 6.07) is 6.98. The highest BCUT2D eigenvalue weighted by atomic mass is 32.2. The van der Waals surface area contributed by atoms with Gasteiger partial charge in [-0.1, -0.05) is 0 Å². The number of rotatable bonds is 6. The van der Waals surface area contributed by atoms with Crippen molar-refractivity contribution in [1.82, 2.24) is 9.21 Å². The van der Waals surface area contributed by atoms with E-state index in [0.717, 1.165) is 28.6 Å². The predicted molar refractivity (Wildman–Crippen MR) is 103 cm³/mol. The molecule has 0 saturated carbocycles. The van der Waals surface area contributed by atoms with Crippen LogP contribution in [0.1, 0.15) is 0 Å². The molecule has 1 aliphatic rings. The molecule has 0 aliphatic carbocycles. The van der Waals surface area contributed by atoms with Gasteiger partial charge in [-0.05, 0) is 42.5 Å². The highest BCUT2D eigenvalue weighted by Gasteiger charge is 2.31. The third-order valence-corrected chi connectivity index (χ3v) is 6.49. The van der Waals surface area contributed by atoms with Gasteiger partial charge in [-0.25, -0.2) is 17.2 Å². The molecule has 0 atom stereocenters. The average molecular weight is 479 g/mol. The maximum atomic E-state index is 13.4. The number of piperazine rings is 1. The van der Waals surface area contributed by atoms with Gasteiger partial charge < -0.3 is 10.1 Å². The highest BCUT2D eigenvalue weighted by Crippen LogP contribution is 2.24. The Kier molecular flexibility index (Phi) is 7.00. The van der Waals surface area contributed by atoms with E-state index in [4.69, 9.17) is 0 Å². The van der Waals surface area contributed by atoms with Crippen LogP contribution in [0.25, 0.3) is 0 Å². The molecule has 0 radical (unpaired) electrons. The van der Waals surface area contributed by atoms with Crippen LogP contribution in [0.5, 0.6) is 5.75 Å². The van der Waals surface area contributed by atoms with E-state index in [-0.39, 0.29) is 43.3 Å². The van der Waals surface area contributed by atoms with Crippen LogP contribution in [0.2, 0.25) is 0 Å². The summed E-state index contributed by atoms with van der Waals surface area (Å²) in [4.78, 5) is 13.5. The summed E-state index contributed by atoms with van der Waals surface area (Å²) >= 11 is 0. The van der Waals surface area contributed by atoms with Gasteiger partial charge in [-0.15, -0.1) is 13.2 Å². The van der Waals surface area contributed by atoms with Crippen molar-refractivity contribution in [1.29, 1.82) is 0 Å². The van der Waals surface area contributed by atoms with Crippen molar-refractivity contribution in [3.05, 3.63) is 54.1 Å². The van der Waals surface area contributed by atoms with Gasteiger partial charge in [-0.3, -0.25) is 9.69 Å². The molecule has 1 heterocycles. The maximum absolute atomic E-state index is 13.4. The summed E-state index contributed by atoms with van der Waals surface area (Å²) in [6.07, 6.45) is -4.81. The van der Waals surface area contributed by atoms with Crippen LogP contribution >= 0.6 is 0 Å². The van der Waals surface area contributed by atoms with Gasteiger partial charge >= 0.3 is 6.36 Å². The fourth-order valence-electron chi connectivity index (χ4n) is 3.06. The number of carbonyl (C=O) groups excluding carboxylic acids is 1. The number of nitrogens with zero attached hydrogens (tertiary/aromatic N) is 2. The monoisotopic (exact) mass is 479 g/mol. The molecule has 1 fully saturated rings. The Labute approximate surface area is 180 Å². The van der Waals surface area contributed by atoms with Gasteiger partial charge in [0, 0.05) is 31.9 Å². The van der Waals surface area contributed by atoms with E-state index < -0.39 is 39.7 Å². The first-order valence-corrected chi connectivity index (χ1v) is 10.7. The lowest BCUT2D eigenvalue weighted by atomic mass is 10.3. The number of halogens is 5. The third-order valence-electron chi connectivity index (χ3n) is 4.60. The maximum Gasteiger partial charge on any atom is 0.573 e. The van der Waals surface area contributed by atoms with E-state index in [9.17, 15) is 35.2 Å². The smallest absolute Gasteiger partial charge is 0.406 e. The average Bonchev–Trinajstić information content (AvgIpc) is 2.71. The number of amides is 1. The van der Waals surface area contributed by atoms with Crippen molar-refractivity contribution < 1.29 is 39.9 Å². The summed E-state index contributed by atoms with van der Waals surface area (Å²) in [7, 11) is -4.01. The number of hydrogen-bond acceptors (Lipinski definition) is 5. The highest BCUT2D eigenvalue weighted by molar-refractivity contribution is 7.89. The zero-order valence-corrected chi connectivity index (χ0v) is 17.2. The first-order chi connectivity index (χ1) is 14.9. The minimum atomic E-state index is -4.81. The molecule has 0 bridgehead atoms. The van der Waals surface area contributed by atoms with E-state index in [1.807, 2.05) is 0 Å². The molecule has 32 heavy (non-hydrogen) atoms. The zero-order chi connectivity index (χ0) is 23.5. The fourth-order valence-corrected chi connectivity index (χ4v) is 4.49. The number of anilines is 1. The molecular weight excluding hydrogens is 461 g/mol. The van der Waals surface area contributed by atoms with E-state index in [2.05, 4.69) is 10.1 Å².